The summed E-state index contributed by atoms with van der Waals surface area (Å²) in [7, 11) is 5.87. The minimum Gasteiger partial charge on any atom is -0.483 e. The zero-order chi connectivity index (χ0) is 15.6. The van der Waals surface area contributed by atoms with Gasteiger partial charge in [0.25, 0.3) is 0 Å². The van der Waals surface area contributed by atoms with Gasteiger partial charge in [0.15, 0.2) is 11.5 Å². The van der Waals surface area contributed by atoms with Crippen molar-refractivity contribution < 1.29 is 27.8 Å². The van der Waals surface area contributed by atoms with E-state index in [0.29, 0.717) is 6.54 Å². The third kappa shape index (κ3) is 3.20. The van der Waals surface area contributed by atoms with Gasteiger partial charge in [0, 0.05) is 6.54 Å². The van der Waals surface area contributed by atoms with E-state index >= 15 is 0 Å². The Balaban J connectivity index is 2.51. The third-order valence-electron chi connectivity index (χ3n) is 2.87. The van der Waals surface area contributed by atoms with E-state index < -0.39 is 12.6 Å². The van der Waals surface area contributed by atoms with Crippen molar-refractivity contribution >= 4 is 19.6 Å². The van der Waals surface area contributed by atoms with Gasteiger partial charge < -0.3 is 19.0 Å². The van der Waals surface area contributed by atoms with Crippen LogP contribution in [0.15, 0.2) is 12.1 Å². The van der Waals surface area contributed by atoms with E-state index in [1.54, 1.807) is 13.8 Å². The van der Waals surface area contributed by atoms with Crippen LogP contribution >= 0.6 is 0 Å². The summed E-state index contributed by atoms with van der Waals surface area (Å²) in [6.45, 7) is 0.876. The summed E-state index contributed by atoms with van der Waals surface area (Å²) >= 11 is 0. The van der Waals surface area contributed by atoms with E-state index in [2.05, 4.69) is 4.74 Å². The van der Waals surface area contributed by atoms with Crippen molar-refractivity contribution in [1.29, 1.82) is 0 Å². The van der Waals surface area contributed by atoms with Crippen LogP contribution in [0.4, 0.5) is 14.5 Å². The van der Waals surface area contributed by atoms with E-state index in [0.717, 1.165) is 0 Å². The number of hydrogen-bond acceptors (Lipinski definition) is 5. The quantitative estimate of drug-likeness (QED) is 0.629. The molecule has 0 spiro atoms. The van der Waals surface area contributed by atoms with Gasteiger partial charge in [-0.25, -0.2) is 4.79 Å². The lowest BCUT2D eigenvalue weighted by molar-refractivity contribution is -0.0520. The second-order valence-electron chi connectivity index (χ2n) is 4.47. The summed E-state index contributed by atoms with van der Waals surface area (Å²) in [6.07, 6.45) is -0.333. The number of alkyl halides is 2. The Morgan fingerprint density at radius 3 is 2.90 bits per heavy atom. The Bertz CT molecular complexity index is 541. The molecule has 1 aliphatic heterocycles. The molecule has 5 nitrogen and oxygen atoms in total. The molecular weight excluding hydrogens is 283 g/mol. The molecule has 0 aliphatic carbocycles. The van der Waals surface area contributed by atoms with Crippen molar-refractivity contribution in [3.63, 3.8) is 0 Å². The molecule has 8 heteroatoms. The highest BCUT2D eigenvalue weighted by Gasteiger charge is 2.30. The first kappa shape index (κ1) is 15.4. The molecule has 1 aromatic rings. The summed E-state index contributed by atoms with van der Waals surface area (Å²) in [5.74, 6) is -0.761. The summed E-state index contributed by atoms with van der Waals surface area (Å²) in [6, 6.07) is 2.57. The predicted octanol–water partition coefficient (Wildman–Crippen LogP) is 2.14. The van der Waals surface area contributed by atoms with Crippen LogP contribution < -0.4 is 14.3 Å². The third-order valence-corrected chi connectivity index (χ3v) is 2.87. The minimum atomic E-state index is -3.00. The number of rotatable bonds is 4. The average Bonchev–Trinajstić information content (AvgIpc) is 2.39. The Morgan fingerprint density at radius 1 is 1.57 bits per heavy atom. The first-order valence-corrected chi connectivity index (χ1v) is 6.41. The highest BCUT2D eigenvalue weighted by atomic mass is 19.3. The molecule has 0 fully saturated rings. The van der Waals surface area contributed by atoms with Crippen LogP contribution in [0.5, 0.6) is 11.5 Å². The van der Waals surface area contributed by atoms with Crippen LogP contribution in [0, 0.1) is 0 Å². The molecular formula is C13H14BF2NO4. The fourth-order valence-electron chi connectivity index (χ4n) is 2.12. The highest BCUT2D eigenvalue weighted by molar-refractivity contribution is 6.21. The topological polar surface area (TPSA) is 48.0 Å². The van der Waals surface area contributed by atoms with E-state index in [9.17, 15) is 13.6 Å². The number of carbonyl (C=O) groups excluding carboxylic acids is 1. The van der Waals surface area contributed by atoms with Gasteiger partial charge in [-0.2, -0.15) is 8.78 Å². The fourth-order valence-corrected chi connectivity index (χ4v) is 2.12. The van der Waals surface area contributed by atoms with Gasteiger partial charge in [-0.15, -0.1) is 0 Å². The summed E-state index contributed by atoms with van der Waals surface area (Å²) < 4.78 is 39.8. The SMILES string of the molecule is [B]N1CC(C)Oc2c(OC(F)F)ccc(C(=O)OCC)c21. The van der Waals surface area contributed by atoms with Gasteiger partial charge >= 0.3 is 12.6 Å². The molecule has 0 saturated carbocycles. The van der Waals surface area contributed by atoms with Crippen molar-refractivity contribution in [2.75, 3.05) is 18.0 Å². The second kappa shape index (κ2) is 6.20. The van der Waals surface area contributed by atoms with Crippen LogP contribution in [0.3, 0.4) is 0 Å². The molecule has 0 N–H and O–H groups in total. The molecule has 0 aromatic heterocycles. The molecule has 0 saturated heterocycles. The normalized spacial score (nSPS) is 17.2. The van der Waals surface area contributed by atoms with Gasteiger partial charge in [-0.05, 0) is 26.0 Å². The van der Waals surface area contributed by atoms with Crippen molar-refractivity contribution in [2.24, 2.45) is 0 Å². The summed E-state index contributed by atoms with van der Waals surface area (Å²) in [4.78, 5) is 13.2. The highest BCUT2D eigenvalue weighted by Crippen LogP contribution is 2.44. The monoisotopic (exact) mass is 297 g/mol. The van der Waals surface area contributed by atoms with Gasteiger partial charge in [0.2, 0.25) is 7.98 Å². The predicted molar refractivity (Wildman–Crippen MR) is 72.2 cm³/mol. The molecule has 0 amide bonds. The van der Waals surface area contributed by atoms with Crippen LogP contribution in [0.1, 0.15) is 24.2 Å². The molecule has 0 bridgehead atoms. The number of carbonyl (C=O) groups is 1. The maximum Gasteiger partial charge on any atom is 0.387 e. The second-order valence-corrected chi connectivity index (χ2v) is 4.47. The number of halogens is 2. The van der Waals surface area contributed by atoms with E-state index in [-0.39, 0.29) is 35.5 Å². The molecule has 1 aromatic carbocycles. The first-order chi connectivity index (χ1) is 9.93. The lowest BCUT2D eigenvalue weighted by Gasteiger charge is -2.34. The van der Waals surface area contributed by atoms with E-state index in [1.165, 1.54) is 16.9 Å². The van der Waals surface area contributed by atoms with Gasteiger partial charge in [-0.3, -0.25) is 0 Å². The van der Waals surface area contributed by atoms with Crippen LogP contribution in [-0.4, -0.2) is 39.8 Å². The summed E-state index contributed by atoms with van der Waals surface area (Å²) in [5.41, 5.74) is 0.326. The summed E-state index contributed by atoms with van der Waals surface area (Å²) in [5, 5.41) is 0. The Hall–Kier alpha value is -1.99. The number of nitrogens with zero attached hydrogens (tertiary/aromatic N) is 1. The molecule has 1 aliphatic rings. The maximum absolute atomic E-state index is 12.5. The Morgan fingerprint density at radius 2 is 2.29 bits per heavy atom. The largest absolute Gasteiger partial charge is 0.483 e. The van der Waals surface area contributed by atoms with Crippen molar-refractivity contribution in [3.8, 4) is 11.5 Å². The molecule has 1 unspecified atom stereocenters. The minimum absolute atomic E-state index is 0.0158. The number of anilines is 1. The van der Waals surface area contributed by atoms with Crippen LogP contribution in [0.25, 0.3) is 0 Å². The average molecular weight is 297 g/mol. The van der Waals surface area contributed by atoms with Gasteiger partial charge in [0.05, 0.1) is 17.9 Å². The van der Waals surface area contributed by atoms with E-state index in [4.69, 9.17) is 17.5 Å². The molecule has 2 rings (SSSR count). The molecule has 2 radical (unpaired) electrons. The number of hydrogen-bond donors (Lipinski definition) is 0. The van der Waals surface area contributed by atoms with Crippen LogP contribution in [0.2, 0.25) is 0 Å². The zero-order valence-corrected chi connectivity index (χ0v) is 11.6. The lowest BCUT2D eigenvalue weighted by Crippen LogP contribution is -2.38. The number of ether oxygens (including phenoxy) is 3. The Labute approximate surface area is 122 Å². The van der Waals surface area contributed by atoms with Crippen molar-refractivity contribution in [2.45, 2.75) is 26.6 Å². The Kier molecular flexibility index (Phi) is 4.54. The zero-order valence-electron chi connectivity index (χ0n) is 11.6. The molecule has 1 atom stereocenters. The van der Waals surface area contributed by atoms with Gasteiger partial charge in [0.1, 0.15) is 6.10 Å². The lowest BCUT2D eigenvalue weighted by atomic mass is 10.0. The number of benzene rings is 1. The smallest absolute Gasteiger partial charge is 0.387 e. The van der Waals surface area contributed by atoms with Crippen molar-refractivity contribution in [3.05, 3.63) is 17.7 Å². The van der Waals surface area contributed by atoms with Gasteiger partial charge in [-0.1, -0.05) is 0 Å². The number of esters is 1. The molecule has 21 heavy (non-hydrogen) atoms. The molecule has 112 valence electrons. The van der Waals surface area contributed by atoms with E-state index in [1.807, 2.05) is 0 Å². The molecule has 1 heterocycles. The first-order valence-electron chi connectivity index (χ1n) is 6.41. The van der Waals surface area contributed by atoms with Crippen LogP contribution in [-0.2, 0) is 4.74 Å². The van der Waals surface area contributed by atoms with Crippen molar-refractivity contribution in [1.82, 2.24) is 0 Å². The fraction of sp³-hybridized carbons (Fsp3) is 0.462. The number of fused-ring (bicyclic) bond motifs is 1. The maximum atomic E-state index is 12.5. The standard InChI is InChI=1S/C13H14BF2NO4/c1-3-19-12(18)8-4-5-9(21-13(15)16)11-10(8)17(14)6-7(2)20-11/h4-5,7,13H,3,6H2,1-2H3.